The number of Topliss-reactive ketones (excluding diaryl/α,β-unsaturated/α-hetero) is 1. The molecule has 1 aliphatic rings. The lowest BCUT2D eigenvalue weighted by Gasteiger charge is -2.15. The summed E-state index contributed by atoms with van der Waals surface area (Å²) in [6.45, 7) is 4.08. The third-order valence-corrected chi connectivity index (χ3v) is 5.88. The Morgan fingerprint density at radius 3 is 2.71 bits per heavy atom. The molecular formula is C27H30N4O3. The Labute approximate surface area is 200 Å². The van der Waals surface area contributed by atoms with Crippen molar-refractivity contribution in [2.75, 3.05) is 33.4 Å². The fourth-order valence-corrected chi connectivity index (χ4v) is 3.96. The summed E-state index contributed by atoms with van der Waals surface area (Å²) in [5, 5.41) is 6.81. The third kappa shape index (κ3) is 6.69. The minimum absolute atomic E-state index is 0.00688. The molecule has 34 heavy (non-hydrogen) atoms. The van der Waals surface area contributed by atoms with E-state index >= 15 is 0 Å². The van der Waals surface area contributed by atoms with Crippen LogP contribution in [0.4, 0.5) is 0 Å². The van der Waals surface area contributed by atoms with E-state index in [-0.39, 0.29) is 5.78 Å². The Morgan fingerprint density at radius 1 is 1.09 bits per heavy atom. The first kappa shape index (κ1) is 23.5. The Kier molecular flexibility index (Phi) is 8.31. The number of hydrogen-bond acceptors (Lipinski definition) is 6. The molecule has 176 valence electrons. The SMILES string of the molecule is COc1cncc(C#Cc2cn[nH]c2C(=O)CCCc2ccc(OCCN3CCCC3)cc2)c1. The number of carbonyl (C=O) groups is 1. The van der Waals surface area contributed by atoms with Crippen molar-refractivity contribution in [1.82, 2.24) is 20.1 Å². The maximum Gasteiger partial charge on any atom is 0.181 e. The molecule has 0 saturated carbocycles. The van der Waals surface area contributed by atoms with Crippen LogP contribution in [0.2, 0.25) is 0 Å². The summed E-state index contributed by atoms with van der Waals surface area (Å²) >= 11 is 0. The van der Waals surface area contributed by atoms with E-state index < -0.39 is 0 Å². The maximum atomic E-state index is 12.7. The zero-order valence-corrected chi connectivity index (χ0v) is 19.5. The van der Waals surface area contributed by atoms with Crippen molar-refractivity contribution >= 4 is 5.78 Å². The van der Waals surface area contributed by atoms with Crippen molar-refractivity contribution in [2.45, 2.75) is 32.1 Å². The van der Waals surface area contributed by atoms with Crippen LogP contribution in [-0.2, 0) is 6.42 Å². The van der Waals surface area contributed by atoms with Crippen LogP contribution in [0.25, 0.3) is 0 Å². The number of benzene rings is 1. The molecule has 1 N–H and O–H groups in total. The molecule has 2 aromatic heterocycles. The molecule has 1 saturated heterocycles. The normalized spacial score (nSPS) is 13.3. The van der Waals surface area contributed by atoms with E-state index in [0.717, 1.165) is 31.7 Å². The van der Waals surface area contributed by atoms with Gasteiger partial charge in [0.05, 0.1) is 25.1 Å². The van der Waals surface area contributed by atoms with Gasteiger partial charge in [0.2, 0.25) is 0 Å². The molecule has 3 heterocycles. The maximum absolute atomic E-state index is 12.7. The van der Waals surface area contributed by atoms with E-state index in [1.54, 1.807) is 31.8 Å². The number of ketones is 1. The first-order valence-electron chi connectivity index (χ1n) is 11.7. The number of hydrogen-bond donors (Lipinski definition) is 1. The first-order valence-corrected chi connectivity index (χ1v) is 11.7. The largest absolute Gasteiger partial charge is 0.495 e. The van der Waals surface area contributed by atoms with E-state index in [4.69, 9.17) is 9.47 Å². The van der Waals surface area contributed by atoms with Crippen molar-refractivity contribution in [3.63, 3.8) is 0 Å². The van der Waals surface area contributed by atoms with Crippen molar-refractivity contribution in [2.24, 2.45) is 0 Å². The Morgan fingerprint density at radius 2 is 1.91 bits per heavy atom. The summed E-state index contributed by atoms with van der Waals surface area (Å²) in [4.78, 5) is 19.2. The van der Waals surface area contributed by atoms with E-state index in [9.17, 15) is 4.79 Å². The fourth-order valence-electron chi connectivity index (χ4n) is 3.96. The summed E-state index contributed by atoms with van der Waals surface area (Å²) in [6.07, 6.45) is 9.45. The van der Waals surface area contributed by atoms with E-state index in [1.807, 2.05) is 12.1 Å². The molecule has 7 nitrogen and oxygen atoms in total. The zero-order chi connectivity index (χ0) is 23.6. The Balaban J connectivity index is 1.24. The molecule has 3 aromatic rings. The average Bonchev–Trinajstić information content (AvgIpc) is 3.56. The zero-order valence-electron chi connectivity index (χ0n) is 19.5. The third-order valence-electron chi connectivity index (χ3n) is 5.88. The van der Waals surface area contributed by atoms with Gasteiger partial charge in [-0.25, -0.2) is 0 Å². The van der Waals surface area contributed by atoms with Gasteiger partial charge in [-0.1, -0.05) is 24.0 Å². The molecule has 0 amide bonds. The number of nitrogens with zero attached hydrogens (tertiary/aromatic N) is 3. The van der Waals surface area contributed by atoms with Gasteiger partial charge in [-0.2, -0.15) is 5.10 Å². The summed E-state index contributed by atoms with van der Waals surface area (Å²) in [7, 11) is 1.58. The van der Waals surface area contributed by atoms with Gasteiger partial charge in [0.25, 0.3) is 0 Å². The number of rotatable bonds is 10. The molecule has 1 aromatic carbocycles. The lowest BCUT2D eigenvalue weighted by atomic mass is 10.0. The predicted molar refractivity (Wildman–Crippen MR) is 130 cm³/mol. The second-order valence-corrected chi connectivity index (χ2v) is 8.34. The molecule has 0 radical (unpaired) electrons. The number of pyridine rings is 1. The molecule has 0 spiro atoms. The topological polar surface area (TPSA) is 80.3 Å². The van der Waals surface area contributed by atoms with Gasteiger partial charge in [-0.05, 0) is 62.5 Å². The quantitative estimate of drug-likeness (QED) is 0.367. The monoisotopic (exact) mass is 458 g/mol. The molecule has 7 heteroatoms. The second kappa shape index (κ2) is 12.0. The number of aromatic amines is 1. The van der Waals surface area contributed by atoms with E-state index in [2.05, 4.69) is 44.1 Å². The van der Waals surface area contributed by atoms with Crippen LogP contribution in [0.3, 0.4) is 0 Å². The van der Waals surface area contributed by atoms with Crippen molar-refractivity contribution in [1.29, 1.82) is 0 Å². The lowest BCUT2D eigenvalue weighted by molar-refractivity contribution is 0.0975. The van der Waals surface area contributed by atoms with Crippen LogP contribution in [0.1, 0.15) is 52.9 Å². The summed E-state index contributed by atoms with van der Waals surface area (Å²) in [5.41, 5.74) is 2.94. The van der Waals surface area contributed by atoms with Gasteiger partial charge < -0.3 is 9.47 Å². The fraction of sp³-hybridized carbons (Fsp3) is 0.370. The first-order chi connectivity index (χ1) is 16.7. The average molecular weight is 459 g/mol. The van der Waals surface area contributed by atoms with Crippen LogP contribution in [0, 0.1) is 11.8 Å². The smallest absolute Gasteiger partial charge is 0.181 e. The van der Waals surface area contributed by atoms with Gasteiger partial charge in [0.15, 0.2) is 5.78 Å². The van der Waals surface area contributed by atoms with Crippen molar-refractivity contribution in [3.8, 4) is 23.3 Å². The van der Waals surface area contributed by atoms with Crippen LogP contribution in [0.15, 0.2) is 48.9 Å². The van der Waals surface area contributed by atoms with Gasteiger partial charge in [-0.15, -0.1) is 0 Å². The standard InChI is InChI=1S/C27H30N4O3/c1-33-25-17-22(18-28-20-25)7-10-23-19-29-30-27(23)26(32)6-4-5-21-8-11-24(12-9-21)34-16-15-31-13-2-3-14-31/h8-9,11-12,17-20H,2-6,13-16H2,1H3,(H,29,30). The van der Waals surface area contributed by atoms with Crippen LogP contribution in [0.5, 0.6) is 11.5 Å². The molecule has 4 rings (SSSR count). The van der Waals surface area contributed by atoms with Crippen molar-refractivity contribution < 1.29 is 14.3 Å². The molecule has 0 unspecified atom stereocenters. The number of likely N-dealkylation sites (tertiary alicyclic amines) is 1. The number of nitrogens with one attached hydrogen (secondary N) is 1. The lowest BCUT2D eigenvalue weighted by Crippen LogP contribution is -2.25. The number of aryl methyl sites for hydroxylation is 1. The highest BCUT2D eigenvalue weighted by molar-refractivity contribution is 5.96. The summed E-state index contributed by atoms with van der Waals surface area (Å²) < 4.78 is 11.0. The van der Waals surface area contributed by atoms with E-state index in [1.165, 1.54) is 31.5 Å². The predicted octanol–water partition coefficient (Wildman–Crippen LogP) is 3.89. The number of carbonyl (C=O) groups excluding carboxylic acids is 1. The van der Waals surface area contributed by atoms with Crippen molar-refractivity contribution in [3.05, 3.63) is 71.3 Å². The number of methoxy groups -OCH3 is 1. The van der Waals surface area contributed by atoms with Crippen LogP contribution >= 0.6 is 0 Å². The number of ether oxygens (including phenoxy) is 2. The molecule has 1 fully saturated rings. The van der Waals surface area contributed by atoms with E-state index in [0.29, 0.717) is 29.0 Å². The molecule has 0 bridgehead atoms. The highest BCUT2D eigenvalue weighted by Gasteiger charge is 2.13. The Hall–Kier alpha value is -3.63. The van der Waals surface area contributed by atoms with Gasteiger partial charge in [-0.3, -0.25) is 19.8 Å². The summed E-state index contributed by atoms with van der Waals surface area (Å²) in [5.74, 6) is 7.57. The van der Waals surface area contributed by atoms with Gasteiger partial charge in [0.1, 0.15) is 23.8 Å². The van der Waals surface area contributed by atoms with Gasteiger partial charge >= 0.3 is 0 Å². The highest BCUT2D eigenvalue weighted by atomic mass is 16.5. The summed E-state index contributed by atoms with van der Waals surface area (Å²) in [6, 6.07) is 9.97. The number of aromatic nitrogens is 3. The van der Waals surface area contributed by atoms with Crippen LogP contribution < -0.4 is 9.47 Å². The minimum atomic E-state index is 0.00688. The minimum Gasteiger partial charge on any atom is -0.495 e. The molecular weight excluding hydrogens is 428 g/mol. The second-order valence-electron chi connectivity index (χ2n) is 8.34. The molecule has 1 aliphatic heterocycles. The highest BCUT2D eigenvalue weighted by Crippen LogP contribution is 2.16. The molecule has 0 aliphatic carbocycles. The van der Waals surface area contributed by atoms with Crippen LogP contribution in [-0.4, -0.2) is 59.2 Å². The molecule has 0 atom stereocenters. The Bertz CT molecular complexity index is 1140. The number of H-pyrrole nitrogens is 1. The van der Waals surface area contributed by atoms with Gasteiger partial charge in [0, 0.05) is 24.7 Å².